The Morgan fingerprint density at radius 2 is 0.744 bits per heavy atom. The van der Waals surface area contributed by atoms with E-state index in [-0.39, 0.29) is 0 Å². The van der Waals surface area contributed by atoms with Gasteiger partial charge in [0.25, 0.3) is 0 Å². The fourth-order valence-electron chi connectivity index (χ4n) is 18.0. The van der Waals surface area contributed by atoms with Crippen LogP contribution in [0.2, 0.25) is 0 Å². The minimum atomic E-state index is -0.463. The fraction of sp³-hybridized carbons (Fsp3) is 1.00. The maximum atomic E-state index is 15.9. The number of halogens is 1. The van der Waals surface area contributed by atoms with Crippen molar-refractivity contribution in [1.29, 1.82) is 0 Å². The molecule has 17 unspecified atom stereocenters. The average Bonchev–Trinajstić information content (AvgIpc) is 3.57. The quantitative estimate of drug-likeness (QED) is 0.301. The monoisotopic (exact) mass is 589 g/mol. The first-order valence-corrected chi connectivity index (χ1v) is 20.9. The predicted molar refractivity (Wildman–Crippen MR) is 174 cm³/mol. The number of hydrogen-bond donors (Lipinski definition) is 0. The maximum absolute atomic E-state index is 15.9. The van der Waals surface area contributed by atoms with E-state index >= 15 is 4.39 Å². The van der Waals surface area contributed by atoms with Gasteiger partial charge in [0.05, 0.1) is 0 Å². The zero-order chi connectivity index (χ0) is 28.2. The second-order valence-corrected chi connectivity index (χ2v) is 19.3. The summed E-state index contributed by atoms with van der Waals surface area (Å²) < 4.78 is 15.9. The summed E-state index contributed by atoms with van der Waals surface area (Å²) in [6.07, 6.45) is 34.0. The van der Waals surface area contributed by atoms with Crippen LogP contribution >= 0.6 is 0 Å². The van der Waals surface area contributed by atoms with Crippen molar-refractivity contribution in [2.75, 3.05) is 0 Å². The molecule has 0 aromatic rings. The molecule has 0 nitrogen and oxygen atoms in total. The third-order valence-corrected chi connectivity index (χ3v) is 18.5. The van der Waals surface area contributed by atoms with Gasteiger partial charge in [0.2, 0.25) is 0 Å². The Bertz CT molecular complexity index is 1010. The summed E-state index contributed by atoms with van der Waals surface area (Å²) in [5, 5.41) is 0. The summed E-state index contributed by atoms with van der Waals surface area (Å²) in [7, 11) is 0. The normalized spacial score (nSPS) is 58.1. The molecule has 0 N–H and O–H groups in total. The highest BCUT2D eigenvalue weighted by Gasteiger charge is 2.70. The van der Waals surface area contributed by atoms with Crippen LogP contribution in [0.3, 0.4) is 0 Å². The van der Waals surface area contributed by atoms with Crippen molar-refractivity contribution >= 4 is 0 Å². The molecule has 0 aromatic carbocycles. The van der Waals surface area contributed by atoms with E-state index in [1.807, 2.05) is 0 Å². The number of rotatable bonds is 2. The van der Waals surface area contributed by atoms with Gasteiger partial charge in [-0.15, -0.1) is 0 Å². The topological polar surface area (TPSA) is 0 Å². The molecule has 240 valence electrons. The van der Waals surface area contributed by atoms with Crippen molar-refractivity contribution in [3.63, 3.8) is 0 Å². The van der Waals surface area contributed by atoms with Crippen molar-refractivity contribution in [3.8, 4) is 0 Å². The van der Waals surface area contributed by atoms with Gasteiger partial charge in [0.1, 0.15) is 6.17 Å². The van der Waals surface area contributed by atoms with Gasteiger partial charge >= 0.3 is 0 Å². The Kier molecular flexibility index (Phi) is 7.16. The minimum Gasteiger partial charge on any atom is -0.247 e. The van der Waals surface area contributed by atoms with Crippen molar-refractivity contribution in [1.82, 2.24) is 0 Å². The highest BCUT2D eigenvalue weighted by molar-refractivity contribution is 5.18. The molecule has 0 bridgehead atoms. The van der Waals surface area contributed by atoms with Crippen LogP contribution in [-0.2, 0) is 0 Å². The molecule has 10 fully saturated rings. The lowest BCUT2D eigenvalue weighted by Crippen LogP contribution is -2.59. The van der Waals surface area contributed by atoms with Gasteiger partial charge in [-0.1, -0.05) is 89.9 Å². The summed E-state index contributed by atoms with van der Waals surface area (Å²) in [6, 6.07) is 0. The van der Waals surface area contributed by atoms with Crippen LogP contribution in [0.1, 0.15) is 148 Å². The van der Waals surface area contributed by atoms with E-state index in [1.165, 1.54) is 64.2 Å². The van der Waals surface area contributed by atoms with Gasteiger partial charge < -0.3 is 0 Å². The lowest BCUT2D eigenvalue weighted by molar-refractivity contribution is -0.161. The molecule has 0 aromatic heterocycles. The first-order valence-electron chi connectivity index (χ1n) is 20.9. The molecular formula is C42H65F. The lowest BCUT2D eigenvalue weighted by atomic mass is 9.41. The summed E-state index contributed by atoms with van der Waals surface area (Å²) in [6.45, 7) is 0. The highest BCUT2D eigenvalue weighted by Crippen LogP contribution is 2.75. The molecule has 0 heterocycles. The number of hydrogen-bond acceptors (Lipinski definition) is 0. The molecule has 10 aliphatic carbocycles. The summed E-state index contributed by atoms with van der Waals surface area (Å²) in [5.74, 6) is 18.0. The molecule has 43 heavy (non-hydrogen) atoms. The molecule has 0 saturated heterocycles. The third-order valence-electron chi connectivity index (χ3n) is 18.5. The summed E-state index contributed by atoms with van der Waals surface area (Å²) >= 11 is 0. The number of alkyl halides is 1. The van der Waals surface area contributed by atoms with Crippen LogP contribution in [0.4, 0.5) is 4.39 Å². The predicted octanol–water partition coefficient (Wildman–Crippen LogP) is 11.5. The largest absolute Gasteiger partial charge is 0.247 e. The van der Waals surface area contributed by atoms with E-state index in [1.54, 1.807) is 77.0 Å². The van der Waals surface area contributed by atoms with Gasteiger partial charge in [-0.3, -0.25) is 0 Å². The summed E-state index contributed by atoms with van der Waals surface area (Å²) in [4.78, 5) is 0. The Morgan fingerprint density at radius 3 is 1.47 bits per heavy atom. The van der Waals surface area contributed by atoms with Gasteiger partial charge in [-0.25, -0.2) is 4.39 Å². The summed E-state index contributed by atoms with van der Waals surface area (Å²) in [5.41, 5.74) is 0. The zero-order valence-electron chi connectivity index (χ0n) is 27.6. The van der Waals surface area contributed by atoms with E-state index in [4.69, 9.17) is 0 Å². The van der Waals surface area contributed by atoms with Crippen molar-refractivity contribution in [2.24, 2.45) is 107 Å². The average molecular weight is 589 g/mol. The van der Waals surface area contributed by atoms with E-state index in [2.05, 4.69) is 0 Å². The molecule has 10 rings (SSSR count). The standard InChI is InChI=1S/C42H65F/c43-35-22-21-32-39-29(35)18-10-20-31(39)41-36(24-11-3-1-4-12-24)34-23-33-27-16-8-7-15-26(27)28-17-9-19-30(38(28)33)40(34)37(42(32)41)25-13-5-2-6-14-25/h24-42H,1-23H2. The van der Waals surface area contributed by atoms with Crippen LogP contribution in [0.25, 0.3) is 0 Å². The molecule has 0 amide bonds. The van der Waals surface area contributed by atoms with E-state index in [0.29, 0.717) is 5.92 Å². The smallest absolute Gasteiger partial charge is 0.103 e. The molecule has 17 atom stereocenters. The first-order chi connectivity index (χ1) is 21.3. The Morgan fingerprint density at radius 1 is 0.256 bits per heavy atom. The number of fused-ring (bicyclic) bond motifs is 8. The van der Waals surface area contributed by atoms with Crippen LogP contribution < -0.4 is 0 Å². The van der Waals surface area contributed by atoms with Crippen molar-refractivity contribution in [3.05, 3.63) is 0 Å². The highest BCUT2D eigenvalue weighted by atomic mass is 19.1. The Labute approximate surface area is 264 Å². The third kappa shape index (κ3) is 4.08. The second-order valence-electron chi connectivity index (χ2n) is 19.3. The minimum absolute atomic E-state index is 0.450. The van der Waals surface area contributed by atoms with Gasteiger partial charge in [-0.05, 0) is 164 Å². The maximum Gasteiger partial charge on any atom is 0.103 e. The fourth-order valence-corrected chi connectivity index (χ4v) is 18.0. The molecule has 1 heteroatoms. The van der Waals surface area contributed by atoms with Gasteiger partial charge in [0.15, 0.2) is 0 Å². The molecule has 10 saturated carbocycles. The van der Waals surface area contributed by atoms with Crippen molar-refractivity contribution in [2.45, 2.75) is 154 Å². The van der Waals surface area contributed by atoms with Crippen LogP contribution in [0.5, 0.6) is 0 Å². The molecule has 0 spiro atoms. The van der Waals surface area contributed by atoms with E-state index < -0.39 is 6.17 Å². The van der Waals surface area contributed by atoms with Gasteiger partial charge in [0, 0.05) is 0 Å². The molecular weight excluding hydrogens is 523 g/mol. The van der Waals surface area contributed by atoms with E-state index in [9.17, 15) is 0 Å². The Hall–Kier alpha value is -0.0700. The molecule has 10 aliphatic rings. The first kappa shape index (κ1) is 28.0. The second kappa shape index (κ2) is 11.0. The van der Waals surface area contributed by atoms with Crippen LogP contribution in [0.15, 0.2) is 0 Å². The molecule has 0 aliphatic heterocycles. The lowest BCUT2D eigenvalue weighted by Gasteiger charge is -2.64. The van der Waals surface area contributed by atoms with Crippen LogP contribution in [0, 0.1) is 107 Å². The molecule has 0 radical (unpaired) electrons. The SMILES string of the molecule is FC1CCC2C3C1CCCC3C1C(C3CCCCC3)C3CC4C5CCCCC5C5CCCC(C54)C3C(C3CCCCC3)C21. The Balaban J connectivity index is 1.13. The zero-order valence-corrected chi connectivity index (χ0v) is 27.6. The van der Waals surface area contributed by atoms with Gasteiger partial charge in [-0.2, -0.15) is 0 Å². The van der Waals surface area contributed by atoms with Crippen LogP contribution in [-0.4, -0.2) is 6.17 Å². The van der Waals surface area contributed by atoms with Crippen molar-refractivity contribution < 1.29 is 4.39 Å². The van der Waals surface area contributed by atoms with E-state index in [0.717, 1.165) is 107 Å².